The number of hydrogen-bond acceptors (Lipinski definition) is 6. The summed E-state index contributed by atoms with van der Waals surface area (Å²) < 4.78 is 58.2. The number of carbonyl (C=O) groups excluding carboxylic acids is 3. The molecule has 6 rings (SSSR count). The molecule has 2 saturated heterocycles. The number of imide groups is 1. The number of benzene rings is 2. The molecule has 3 fully saturated rings. The summed E-state index contributed by atoms with van der Waals surface area (Å²) in [5.74, 6) is -2.60. The van der Waals surface area contributed by atoms with Crippen LogP contribution >= 0.6 is 0 Å². The van der Waals surface area contributed by atoms with Crippen molar-refractivity contribution in [3.8, 4) is 0 Å². The average Bonchev–Trinajstić information content (AvgIpc) is 3.54. The summed E-state index contributed by atoms with van der Waals surface area (Å²) in [6, 6.07) is 10.3. The van der Waals surface area contributed by atoms with E-state index in [2.05, 4.69) is 10.7 Å². The number of aliphatic hydroxyl groups is 1. The molecule has 2 aromatic rings. The lowest BCUT2D eigenvalue weighted by atomic mass is 9.89. The van der Waals surface area contributed by atoms with Crippen molar-refractivity contribution in [1.82, 2.24) is 25.6 Å². The molecule has 0 bridgehead atoms. The first kappa shape index (κ1) is 29.5. The van der Waals surface area contributed by atoms with Crippen LogP contribution in [-0.4, -0.2) is 82.8 Å². The Balaban J connectivity index is 1.24. The smallest absolute Gasteiger partial charge is 0.395 e. The first-order valence-electron chi connectivity index (χ1n) is 14.4. The Hall–Kier alpha value is -3.55. The number of halogens is 4. The summed E-state index contributed by atoms with van der Waals surface area (Å²) in [6.07, 6.45) is -6.00. The van der Waals surface area contributed by atoms with Crippen LogP contribution in [0.5, 0.6) is 0 Å². The molecule has 2 aromatic carbocycles. The lowest BCUT2D eigenvalue weighted by Gasteiger charge is -2.34. The van der Waals surface area contributed by atoms with Gasteiger partial charge in [-0.1, -0.05) is 48.5 Å². The van der Waals surface area contributed by atoms with Gasteiger partial charge in [-0.25, -0.2) is 14.2 Å². The molecule has 1 spiro atoms. The van der Waals surface area contributed by atoms with Crippen molar-refractivity contribution in [3.63, 3.8) is 0 Å². The lowest BCUT2D eigenvalue weighted by Crippen LogP contribution is -2.53. The molecule has 2 aliphatic carbocycles. The zero-order chi connectivity index (χ0) is 30.5. The molecule has 3 N–H and O–H groups in total. The Morgan fingerprint density at radius 3 is 2.56 bits per heavy atom. The number of amides is 4. The van der Waals surface area contributed by atoms with Crippen LogP contribution in [-0.2, 0) is 21.7 Å². The van der Waals surface area contributed by atoms with Gasteiger partial charge in [0.1, 0.15) is 24.3 Å². The van der Waals surface area contributed by atoms with Gasteiger partial charge in [0, 0.05) is 38.5 Å². The number of rotatable bonds is 9. The standard InChI is InChI=1S/C30H33F4N5O4/c31-24-13-29(23-9-8-20(12-22(23)24)21-14-35-37(16-21)10-11-40)27(42)39(28(43)36-29)17-25(41)38(15-18-4-2-1-3-5-18)26(19-6-7-19)30(32,33)34/h1-5,8-9,12,19,21,24,26,35,40H,6-7,10-11,13-17H2,(H,36,43)/t21?,24-,26-,29+/m1/s1. The molecule has 2 heterocycles. The predicted molar refractivity (Wildman–Crippen MR) is 146 cm³/mol. The van der Waals surface area contributed by atoms with Gasteiger partial charge in [0.15, 0.2) is 0 Å². The van der Waals surface area contributed by atoms with Crippen LogP contribution in [0.2, 0.25) is 0 Å². The average molecular weight is 604 g/mol. The Labute approximate surface area is 245 Å². The molecule has 13 heteroatoms. The molecule has 0 radical (unpaired) electrons. The molecule has 4 aliphatic rings. The van der Waals surface area contributed by atoms with E-state index in [1.165, 1.54) is 0 Å². The minimum absolute atomic E-state index is 0.0126. The number of hydrazine groups is 1. The fraction of sp³-hybridized carbons (Fsp3) is 0.500. The summed E-state index contributed by atoms with van der Waals surface area (Å²) in [5, 5.41) is 13.6. The highest BCUT2D eigenvalue weighted by molar-refractivity contribution is 6.10. The quantitative estimate of drug-likeness (QED) is 0.301. The SMILES string of the molecule is O=C1N[C@]2(C[C@@H](F)c3cc(C4CNN(CCO)C4)ccc32)C(=O)N1CC(=O)N(Cc1ccccc1)[C@H](C1CC1)C(F)(F)F. The van der Waals surface area contributed by atoms with Crippen molar-refractivity contribution in [1.29, 1.82) is 0 Å². The van der Waals surface area contributed by atoms with Crippen LogP contribution in [0, 0.1) is 5.92 Å². The van der Waals surface area contributed by atoms with Crippen LogP contribution in [0.4, 0.5) is 22.4 Å². The molecule has 1 saturated carbocycles. The summed E-state index contributed by atoms with van der Waals surface area (Å²) >= 11 is 0. The highest BCUT2D eigenvalue weighted by atomic mass is 19.4. The van der Waals surface area contributed by atoms with Crippen LogP contribution in [0.25, 0.3) is 0 Å². The van der Waals surface area contributed by atoms with E-state index in [4.69, 9.17) is 0 Å². The number of carbonyl (C=O) groups is 3. The lowest BCUT2D eigenvalue weighted by molar-refractivity contribution is -0.196. The Morgan fingerprint density at radius 1 is 1.14 bits per heavy atom. The van der Waals surface area contributed by atoms with Gasteiger partial charge in [0.25, 0.3) is 5.91 Å². The zero-order valence-electron chi connectivity index (χ0n) is 23.3. The number of fused-ring (bicyclic) bond motifs is 2. The maximum atomic E-state index is 15.5. The second-order valence-corrected chi connectivity index (χ2v) is 11.8. The maximum absolute atomic E-state index is 15.5. The highest BCUT2D eigenvalue weighted by Crippen LogP contribution is 2.49. The summed E-state index contributed by atoms with van der Waals surface area (Å²) in [6.45, 7) is 0.397. The van der Waals surface area contributed by atoms with Gasteiger partial charge in [-0.2, -0.15) is 13.2 Å². The number of nitrogens with one attached hydrogen (secondary N) is 2. The van der Waals surface area contributed by atoms with Crippen molar-refractivity contribution in [3.05, 3.63) is 70.8 Å². The van der Waals surface area contributed by atoms with Gasteiger partial charge in [-0.05, 0) is 41.0 Å². The van der Waals surface area contributed by atoms with Gasteiger partial charge < -0.3 is 15.3 Å². The van der Waals surface area contributed by atoms with E-state index in [9.17, 15) is 32.7 Å². The fourth-order valence-corrected chi connectivity index (χ4v) is 6.67. The van der Waals surface area contributed by atoms with E-state index in [-0.39, 0.29) is 36.6 Å². The number of hydrogen-bond donors (Lipinski definition) is 3. The maximum Gasteiger partial charge on any atom is 0.409 e. The molecule has 4 amide bonds. The molecule has 4 atom stereocenters. The number of β-amino-alcohol motifs (C(OH)–C–C–N with tert-alkyl or cyclic N) is 1. The molecule has 9 nitrogen and oxygen atoms in total. The number of aliphatic hydroxyl groups excluding tert-OH is 1. The first-order chi connectivity index (χ1) is 20.5. The van der Waals surface area contributed by atoms with Crippen molar-refractivity contribution < 1.29 is 37.1 Å². The zero-order valence-corrected chi connectivity index (χ0v) is 23.3. The third-order valence-electron chi connectivity index (χ3n) is 8.93. The monoisotopic (exact) mass is 603 g/mol. The van der Waals surface area contributed by atoms with E-state index in [1.54, 1.807) is 48.5 Å². The van der Waals surface area contributed by atoms with Gasteiger partial charge >= 0.3 is 12.2 Å². The predicted octanol–water partition coefficient (Wildman–Crippen LogP) is 3.11. The van der Waals surface area contributed by atoms with Crippen LogP contribution in [0.1, 0.15) is 53.6 Å². The Morgan fingerprint density at radius 2 is 1.88 bits per heavy atom. The van der Waals surface area contributed by atoms with Gasteiger partial charge in [-0.3, -0.25) is 19.9 Å². The van der Waals surface area contributed by atoms with E-state index >= 15 is 4.39 Å². The number of urea groups is 1. The Kier molecular flexibility index (Phi) is 7.68. The van der Waals surface area contributed by atoms with Gasteiger partial charge in [0.05, 0.1) is 6.61 Å². The summed E-state index contributed by atoms with van der Waals surface area (Å²) in [5.41, 5.74) is 3.30. The van der Waals surface area contributed by atoms with Crippen LogP contribution in [0.3, 0.4) is 0 Å². The van der Waals surface area contributed by atoms with Crippen LogP contribution < -0.4 is 10.7 Å². The highest BCUT2D eigenvalue weighted by Gasteiger charge is 2.59. The van der Waals surface area contributed by atoms with E-state index in [0.29, 0.717) is 42.9 Å². The van der Waals surface area contributed by atoms with Crippen molar-refractivity contribution in [2.24, 2.45) is 5.92 Å². The van der Waals surface area contributed by atoms with Crippen molar-refractivity contribution in [2.45, 2.75) is 55.7 Å². The van der Waals surface area contributed by atoms with Crippen molar-refractivity contribution >= 4 is 17.8 Å². The normalized spacial score (nSPS) is 26.2. The van der Waals surface area contributed by atoms with E-state index in [1.807, 2.05) is 5.01 Å². The summed E-state index contributed by atoms with van der Waals surface area (Å²) in [7, 11) is 0. The molecule has 1 unspecified atom stereocenters. The molecular formula is C30H33F4N5O4. The topological polar surface area (TPSA) is 105 Å². The van der Waals surface area contributed by atoms with Gasteiger partial charge in [0.2, 0.25) is 5.91 Å². The third kappa shape index (κ3) is 5.49. The molecule has 230 valence electrons. The number of alkyl halides is 4. The van der Waals surface area contributed by atoms with E-state index < -0.39 is 54.2 Å². The first-order valence-corrected chi connectivity index (χ1v) is 14.4. The van der Waals surface area contributed by atoms with Crippen molar-refractivity contribution in [2.75, 3.05) is 32.8 Å². The summed E-state index contributed by atoms with van der Waals surface area (Å²) in [4.78, 5) is 41.8. The minimum Gasteiger partial charge on any atom is -0.395 e. The third-order valence-corrected chi connectivity index (χ3v) is 8.93. The second kappa shape index (κ2) is 11.2. The fourth-order valence-electron chi connectivity index (χ4n) is 6.67. The Bertz CT molecular complexity index is 1400. The largest absolute Gasteiger partial charge is 0.409 e. The molecule has 0 aromatic heterocycles. The van der Waals surface area contributed by atoms with Crippen LogP contribution in [0.15, 0.2) is 48.5 Å². The molecular weight excluding hydrogens is 570 g/mol. The minimum atomic E-state index is -4.70. The molecule has 2 aliphatic heterocycles. The second-order valence-electron chi connectivity index (χ2n) is 11.8. The van der Waals surface area contributed by atoms with E-state index in [0.717, 1.165) is 10.5 Å². The number of nitrogens with zero attached hydrogens (tertiary/aromatic N) is 3. The molecule has 43 heavy (non-hydrogen) atoms. The van der Waals surface area contributed by atoms with Gasteiger partial charge in [-0.15, -0.1) is 0 Å².